The fourth-order valence-electron chi connectivity index (χ4n) is 3.70. The van der Waals surface area contributed by atoms with Crippen molar-refractivity contribution in [3.8, 4) is 0 Å². The largest absolute Gasteiger partial charge is 0.369 e. The Morgan fingerprint density at radius 1 is 1.25 bits per heavy atom. The van der Waals surface area contributed by atoms with Crippen LogP contribution < -0.4 is 5.32 Å². The normalized spacial score (nSPS) is 21.5. The van der Waals surface area contributed by atoms with Crippen molar-refractivity contribution in [3.63, 3.8) is 0 Å². The minimum Gasteiger partial charge on any atom is -0.369 e. The lowest BCUT2D eigenvalue weighted by atomic mass is 10.0. The third-order valence-corrected chi connectivity index (χ3v) is 5.04. The number of nitrogens with zero attached hydrogens (tertiary/aromatic N) is 1. The summed E-state index contributed by atoms with van der Waals surface area (Å²) in [6.07, 6.45) is 6.74. The van der Waals surface area contributed by atoms with Crippen molar-refractivity contribution in [3.05, 3.63) is 34.9 Å². The van der Waals surface area contributed by atoms with Crippen molar-refractivity contribution < 1.29 is 14.7 Å². The number of carbonyl (C=O) groups is 2. The molecule has 5 nitrogen and oxygen atoms in total. The van der Waals surface area contributed by atoms with Crippen LogP contribution in [0, 0.1) is 0 Å². The van der Waals surface area contributed by atoms with E-state index in [1.165, 1.54) is 17.7 Å². The molecular formula is C19H26N2O3. The van der Waals surface area contributed by atoms with Gasteiger partial charge in [-0.2, -0.15) is 0 Å². The van der Waals surface area contributed by atoms with Gasteiger partial charge in [0.1, 0.15) is 0 Å². The lowest BCUT2D eigenvalue weighted by Crippen LogP contribution is -2.34. The molecule has 130 valence electrons. The number of hydrogen-bond donors (Lipinski definition) is 2. The smallest absolute Gasteiger partial charge is 0.256 e. The van der Waals surface area contributed by atoms with Crippen LogP contribution in [-0.2, 0) is 0 Å². The first-order chi connectivity index (χ1) is 11.6. The van der Waals surface area contributed by atoms with Crippen molar-refractivity contribution in [2.24, 2.45) is 0 Å². The number of aliphatic hydroxyl groups excluding tert-OH is 1. The molecule has 0 saturated heterocycles. The average Bonchev–Trinajstić information content (AvgIpc) is 2.78. The summed E-state index contributed by atoms with van der Waals surface area (Å²) in [4.78, 5) is 26.4. The van der Waals surface area contributed by atoms with Crippen molar-refractivity contribution in [2.45, 2.75) is 64.1 Å². The average molecular weight is 330 g/mol. The van der Waals surface area contributed by atoms with Crippen LogP contribution in [0.15, 0.2) is 18.2 Å². The van der Waals surface area contributed by atoms with Crippen molar-refractivity contribution in [2.75, 3.05) is 6.54 Å². The van der Waals surface area contributed by atoms with Gasteiger partial charge in [-0.1, -0.05) is 38.7 Å². The highest BCUT2D eigenvalue weighted by Gasteiger charge is 2.35. The fraction of sp³-hybridized carbons (Fsp3) is 0.579. The summed E-state index contributed by atoms with van der Waals surface area (Å²) in [6, 6.07) is 5.26. The summed E-state index contributed by atoms with van der Waals surface area (Å²) in [5.74, 6) is -0.315. The summed E-state index contributed by atoms with van der Waals surface area (Å²) < 4.78 is 0. The van der Waals surface area contributed by atoms with E-state index in [-0.39, 0.29) is 17.9 Å². The Balaban J connectivity index is 1.74. The lowest BCUT2D eigenvalue weighted by Gasteiger charge is -2.19. The van der Waals surface area contributed by atoms with E-state index < -0.39 is 6.23 Å². The second-order valence-electron chi connectivity index (χ2n) is 6.84. The number of fused-ring (bicyclic) bond motifs is 1. The molecule has 1 atom stereocenters. The second kappa shape index (κ2) is 7.34. The van der Waals surface area contributed by atoms with Crippen LogP contribution in [0.2, 0.25) is 0 Å². The Morgan fingerprint density at radius 2 is 1.96 bits per heavy atom. The third-order valence-electron chi connectivity index (χ3n) is 5.04. The maximum Gasteiger partial charge on any atom is 0.256 e. The molecule has 1 fully saturated rings. The molecule has 2 N–H and O–H groups in total. The van der Waals surface area contributed by atoms with E-state index in [0.717, 1.165) is 32.1 Å². The zero-order valence-corrected chi connectivity index (χ0v) is 14.3. The van der Waals surface area contributed by atoms with Crippen LogP contribution >= 0.6 is 0 Å². The number of benzene rings is 1. The molecule has 2 amide bonds. The van der Waals surface area contributed by atoms with E-state index in [4.69, 9.17) is 0 Å². The maximum absolute atomic E-state index is 12.5. The minimum absolute atomic E-state index is 0.124. The number of aliphatic hydroxyl groups is 1. The van der Waals surface area contributed by atoms with Gasteiger partial charge < -0.3 is 15.3 Å². The molecule has 5 heteroatoms. The zero-order valence-electron chi connectivity index (χ0n) is 14.3. The molecule has 0 aromatic heterocycles. The summed E-state index contributed by atoms with van der Waals surface area (Å²) >= 11 is 0. The predicted octanol–water partition coefficient (Wildman–Crippen LogP) is 3.00. The molecule has 3 rings (SSSR count). The summed E-state index contributed by atoms with van der Waals surface area (Å²) in [5, 5.41) is 13.4. The molecule has 0 spiro atoms. The van der Waals surface area contributed by atoms with Crippen LogP contribution in [0.3, 0.4) is 0 Å². The SMILES string of the molecule is CCCN1C(=O)c2cc(C(=O)NC3CCCCCC3)ccc2[C@H]1O. The Hall–Kier alpha value is -1.88. The summed E-state index contributed by atoms with van der Waals surface area (Å²) in [5.41, 5.74) is 1.54. The standard InChI is InChI=1S/C19H26N2O3/c1-2-11-21-18(23)15-10-9-13(12-16(15)19(21)24)17(22)20-14-7-5-3-4-6-8-14/h9-10,12,14,18,23H,2-8,11H2,1H3,(H,20,22)/t18-/m1/s1. The molecule has 1 aromatic carbocycles. The van der Waals surface area contributed by atoms with Gasteiger partial charge in [-0.05, 0) is 31.4 Å². The van der Waals surface area contributed by atoms with Crippen LogP contribution in [0.5, 0.6) is 0 Å². The quantitative estimate of drug-likeness (QED) is 0.834. The molecule has 0 radical (unpaired) electrons. The van der Waals surface area contributed by atoms with Crippen LogP contribution in [0.25, 0.3) is 0 Å². The molecule has 1 aliphatic heterocycles. The molecule has 1 aliphatic carbocycles. The highest BCUT2D eigenvalue weighted by atomic mass is 16.3. The molecule has 1 saturated carbocycles. The molecule has 2 aliphatic rings. The predicted molar refractivity (Wildman–Crippen MR) is 91.7 cm³/mol. The number of nitrogens with one attached hydrogen (secondary N) is 1. The monoisotopic (exact) mass is 330 g/mol. The van der Waals surface area contributed by atoms with E-state index in [1.54, 1.807) is 18.2 Å². The van der Waals surface area contributed by atoms with E-state index in [2.05, 4.69) is 5.32 Å². The summed E-state index contributed by atoms with van der Waals surface area (Å²) in [7, 11) is 0. The number of amides is 2. The van der Waals surface area contributed by atoms with Gasteiger partial charge in [0.25, 0.3) is 11.8 Å². The van der Waals surface area contributed by atoms with Gasteiger partial charge in [0.05, 0.1) is 0 Å². The van der Waals surface area contributed by atoms with E-state index >= 15 is 0 Å². The molecule has 24 heavy (non-hydrogen) atoms. The Kier molecular flexibility index (Phi) is 5.19. The van der Waals surface area contributed by atoms with Crippen molar-refractivity contribution in [1.82, 2.24) is 10.2 Å². The summed E-state index contributed by atoms with van der Waals surface area (Å²) in [6.45, 7) is 2.48. The third kappa shape index (κ3) is 3.31. The fourth-order valence-corrected chi connectivity index (χ4v) is 3.70. The molecular weight excluding hydrogens is 304 g/mol. The highest BCUT2D eigenvalue weighted by Crippen LogP contribution is 2.32. The molecule has 1 aromatic rings. The highest BCUT2D eigenvalue weighted by molar-refractivity contribution is 6.02. The maximum atomic E-state index is 12.5. The van der Waals surface area contributed by atoms with Gasteiger partial charge >= 0.3 is 0 Å². The van der Waals surface area contributed by atoms with E-state index in [1.807, 2.05) is 6.92 Å². The van der Waals surface area contributed by atoms with Crippen molar-refractivity contribution >= 4 is 11.8 Å². The van der Waals surface area contributed by atoms with Gasteiger partial charge in [0, 0.05) is 29.3 Å². The van der Waals surface area contributed by atoms with Crippen molar-refractivity contribution in [1.29, 1.82) is 0 Å². The van der Waals surface area contributed by atoms with Gasteiger partial charge in [-0.25, -0.2) is 0 Å². The second-order valence-corrected chi connectivity index (χ2v) is 6.84. The Bertz CT molecular complexity index is 621. The number of hydrogen-bond acceptors (Lipinski definition) is 3. The molecule has 1 heterocycles. The van der Waals surface area contributed by atoms with E-state index in [9.17, 15) is 14.7 Å². The Labute approximate surface area is 143 Å². The Morgan fingerprint density at radius 3 is 2.62 bits per heavy atom. The lowest BCUT2D eigenvalue weighted by molar-refractivity contribution is 0.0177. The first-order valence-corrected chi connectivity index (χ1v) is 9.05. The van der Waals surface area contributed by atoms with Gasteiger partial charge in [-0.3, -0.25) is 9.59 Å². The van der Waals surface area contributed by atoms with Gasteiger partial charge in [0.2, 0.25) is 0 Å². The first-order valence-electron chi connectivity index (χ1n) is 9.05. The van der Waals surface area contributed by atoms with Gasteiger partial charge in [-0.15, -0.1) is 0 Å². The molecule has 0 bridgehead atoms. The van der Waals surface area contributed by atoms with Crippen LogP contribution in [-0.4, -0.2) is 34.4 Å². The minimum atomic E-state index is -0.897. The molecule has 0 unspecified atom stereocenters. The van der Waals surface area contributed by atoms with Crippen LogP contribution in [0.1, 0.15) is 84.4 Å². The number of rotatable bonds is 4. The van der Waals surface area contributed by atoms with Gasteiger partial charge in [0.15, 0.2) is 6.23 Å². The number of carbonyl (C=O) groups excluding carboxylic acids is 2. The zero-order chi connectivity index (χ0) is 17.1. The van der Waals surface area contributed by atoms with E-state index in [0.29, 0.717) is 23.2 Å². The topological polar surface area (TPSA) is 69.6 Å². The first kappa shape index (κ1) is 17.0. The van der Waals surface area contributed by atoms with Crippen LogP contribution in [0.4, 0.5) is 0 Å².